The second-order valence-electron chi connectivity index (χ2n) is 19.1. The van der Waals surface area contributed by atoms with E-state index in [-0.39, 0.29) is 6.71 Å². The van der Waals surface area contributed by atoms with Crippen molar-refractivity contribution in [3.63, 3.8) is 0 Å². The first-order valence-electron chi connectivity index (χ1n) is 24.6. The molecule has 0 amide bonds. The van der Waals surface area contributed by atoms with Crippen LogP contribution in [-0.2, 0) is 5.41 Å². The van der Waals surface area contributed by atoms with Gasteiger partial charge in [0.2, 0.25) is 6.71 Å². The minimum absolute atomic E-state index is 0.0442. The third-order valence-corrected chi connectivity index (χ3v) is 16.6. The quantitative estimate of drug-likeness (QED) is 0.154. The van der Waals surface area contributed by atoms with Gasteiger partial charge in [-0.05, 0) is 115 Å². The van der Waals surface area contributed by atoms with Crippen molar-refractivity contribution in [2.45, 2.75) is 15.2 Å². The summed E-state index contributed by atoms with van der Waals surface area (Å²) in [5.74, 6) is 0. The van der Waals surface area contributed by atoms with Crippen molar-refractivity contribution in [2.24, 2.45) is 0 Å². The number of hydrogen-bond donors (Lipinski definition) is 0. The molecule has 15 rings (SSSR count). The van der Waals surface area contributed by atoms with Gasteiger partial charge in [0.05, 0.1) is 27.8 Å². The van der Waals surface area contributed by atoms with Crippen LogP contribution in [0.4, 0.5) is 17.1 Å². The third-order valence-electron chi connectivity index (χ3n) is 15.5. The second kappa shape index (κ2) is 15.7. The highest BCUT2D eigenvalue weighted by atomic mass is 32.2. The monoisotopic (exact) mass is 918 g/mol. The van der Waals surface area contributed by atoms with Crippen LogP contribution in [0, 0.1) is 0 Å². The van der Waals surface area contributed by atoms with E-state index in [0.717, 1.165) is 11.4 Å². The molecular formula is C67H43BN2S. The first-order chi connectivity index (χ1) is 35.2. The van der Waals surface area contributed by atoms with Crippen molar-refractivity contribution in [1.82, 2.24) is 4.57 Å². The number of rotatable bonds is 6. The Hall–Kier alpha value is -8.57. The van der Waals surface area contributed by atoms with Crippen LogP contribution in [0.15, 0.2) is 271 Å². The molecule has 0 N–H and O–H groups in total. The molecule has 3 aliphatic rings. The summed E-state index contributed by atoms with van der Waals surface area (Å²) in [5.41, 5.74) is 23.2. The molecule has 0 atom stereocenters. The number of hydrogen-bond acceptors (Lipinski definition) is 2. The van der Waals surface area contributed by atoms with Crippen LogP contribution in [0.25, 0.3) is 60.9 Å². The van der Waals surface area contributed by atoms with Gasteiger partial charge in [-0.2, -0.15) is 0 Å². The molecule has 4 heteroatoms. The van der Waals surface area contributed by atoms with Gasteiger partial charge in [0, 0.05) is 31.9 Å². The summed E-state index contributed by atoms with van der Waals surface area (Å²) in [6, 6.07) is 97.5. The van der Waals surface area contributed by atoms with Gasteiger partial charge in [-0.1, -0.05) is 230 Å². The molecule has 0 saturated carbocycles. The largest absolute Gasteiger partial charge is 0.309 e. The Kier molecular flexibility index (Phi) is 8.94. The van der Waals surface area contributed by atoms with Crippen molar-refractivity contribution in [3.05, 3.63) is 283 Å². The van der Waals surface area contributed by atoms with Gasteiger partial charge in [-0.15, -0.1) is 0 Å². The number of para-hydroxylation sites is 4. The van der Waals surface area contributed by atoms with Crippen LogP contribution >= 0.6 is 11.8 Å². The van der Waals surface area contributed by atoms with Crippen molar-refractivity contribution in [3.8, 4) is 39.1 Å². The van der Waals surface area contributed by atoms with E-state index in [2.05, 4.69) is 270 Å². The number of benzene rings is 11. The minimum Gasteiger partial charge on any atom is -0.309 e. The van der Waals surface area contributed by atoms with Gasteiger partial charge >= 0.3 is 0 Å². The van der Waals surface area contributed by atoms with E-state index in [1.807, 2.05) is 11.8 Å². The lowest BCUT2D eigenvalue weighted by molar-refractivity contribution is 0.766. The molecule has 0 saturated heterocycles. The van der Waals surface area contributed by atoms with E-state index >= 15 is 0 Å². The molecule has 3 heterocycles. The van der Waals surface area contributed by atoms with Crippen LogP contribution in [0.5, 0.6) is 0 Å². The molecule has 12 aromatic rings. The lowest BCUT2D eigenvalue weighted by Crippen LogP contribution is -2.60. The molecule has 2 nitrogen and oxygen atoms in total. The van der Waals surface area contributed by atoms with Crippen LogP contribution in [0.3, 0.4) is 0 Å². The van der Waals surface area contributed by atoms with E-state index in [1.165, 1.54) is 115 Å². The molecule has 330 valence electrons. The van der Waals surface area contributed by atoms with Gasteiger partial charge in [-0.25, -0.2) is 0 Å². The standard InChI is InChI=1S/C67H43BN2S/c1-5-21-44(22-6-1)46-37-38-60-56(39-46)68-57-42-53-50-29-13-16-32-54(50)67(48-25-9-3-10-26-48,49-27-11-4-12-28-49)55(53)43-64(57)71-65-41-47(45-23-7-2-8-24-45)40-63(66(65)68)70(60)62-36-20-19-35-61(62)69-58-33-17-14-30-51(58)52-31-15-18-34-59(52)69/h1-43H. The first-order valence-corrected chi connectivity index (χ1v) is 25.4. The van der Waals surface area contributed by atoms with Crippen LogP contribution in [-0.4, -0.2) is 11.3 Å². The number of fused-ring (bicyclic) bond motifs is 10. The fourth-order valence-electron chi connectivity index (χ4n) is 12.6. The van der Waals surface area contributed by atoms with E-state index in [4.69, 9.17) is 0 Å². The molecule has 1 aromatic heterocycles. The van der Waals surface area contributed by atoms with Gasteiger partial charge in [-0.3, -0.25) is 0 Å². The summed E-state index contributed by atoms with van der Waals surface area (Å²) in [4.78, 5) is 5.18. The molecule has 0 bridgehead atoms. The van der Waals surface area contributed by atoms with Crippen molar-refractivity contribution >= 4 is 73.7 Å². The maximum absolute atomic E-state index is 2.59. The number of anilines is 3. The zero-order valence-corrected chi connectivity index (χ0v) is 39.5. The van der Waals surface area contributed by atoms with Gasteiger partial charge in [0.15, 0.2) is 0 Å². The fourth-order valence-corrected chi connectivity index (χ4v) is 13.8. The Bertz CT molecular complexity index is 4000. The second-order valence-corrected chi connectivity index (χ2v) is 20.2. The Morgan fingerprint density at radius 1 is 0.338 bits per heavy atom. The summed E-state index contributed by atoms with van der Waals surface area (Å²) in [5, 5.41) is 2.50. The lowest BCUT2D eigenvalue weighted by atomic mass is 9.34. The highest BCUT2D eigenvalue weighted by Gasteiger charge is 2.49. The molecule has 0 spiro atoms. The summed E-state index contributed by atoms with van der Waals surface area (Å²) < 4.78 is 2.48. The zero-order valence-electron chi connectivity index (χ0n) is 38.7. The van der Waals surface area contributed by atoms with E-state index in [0.29, 0.717) is 0 Å². The van der Waals surface area contributed by atoms with Gasteiger partial charge in [0.25, 0.3) is 0 Å². The van der Waals surface area contributed by atoms with Gasteiger partial charge < -0.3 is 9.47 Å². The highest BCUT2D eigenvalue weighted by Crippen LogP contribution is 2.57. The molecule has 11 aromatic carbocycles. The summed E-state index contributed by atoms with van der Waals surface area (Å²) in [6.45, 7) is -0.0442. The van der Waals surface area contributed by atoms with Gasteiger partial charge in [0.1, 0.15) is 0 Å². The number of aromatic nitrogens is 1. The topological polar surface area (TPSA) is 8.17 Å². The van der Waals surface area contributed by atoms with E-state index in [9.17, 15) is 0 Å². The minimum atomic E-state index is -0.500. The van der Waals surface area contributed by atoms with E-state index in [1.54, 1.807) is 0 Å². The molecule has 0 unspecified atom stereocenters. The highest BCUT2D eigenvalue weighted by molar-refractivity contribution is 8.00. The fraction of sp³-hybridized carbons (Fsp3) is 0.0149. The maximum atomic E-state index is 2.59. The molecule has 2 aliphatic heterocycles. The predicted molar refractivity (Wildman–Crippen MR) is 299 cm³/mol. The average molecular weight is 919 g/mol. The molecular weight excluding hydrogens is 876 g/mol. The maximum Gasteiger partial charge on any atom is 0.249 e. The molecule has 0 fully saturated rings. The zero-order chi connectivity index (χ0) is 46.6. The summed E-state index contributed by atoms with van der Waals surface area (Å²) >= 11 is 1.94. The van der Waals surface area contributed by atoms with Crippen LogP contribution in [0.1, 0.15) is 22.3 Å². The Morgan fingerprint density at radius 2 is 0.901 bits per heavy atom. The smallest absolute Gasteiger partial charge is 0.249 e. The van der Waals surface area contributed by atoms with Crippen molar-refractivity contribution < 1.29 is 0 Å². The Morgan fingerprint density at radius 3 is 1.58 bits per heavy atom. The molecule has 0 radical (unpaired) electrons. The SMILES string of the molecule is c1ccc(-c2ccc3c(c2)B2c4cc5c(cc4Sc4cc(-c6ccccc6)cc(c42)N3c2ccccc2-n2c3ccccc3c3ccccc32)C(c2ccccc2)(c2ccccc2)c2ccccc2-5)cc1. The average Bonchev–Trinajstić information content (AvgIpc) is 3.93. The normalized spacial score (nSPS) is 13.6. The number of nitrogens with zero attached hydrogens (tertiary/aromatic N) is 2. The van der Waals surface area contributed by atoms with Crippen LogP contribution < -0.4 is 21.3 Å². The summed E-state index contributed by atoms with van der Waals surface area (Å²) in [6.07, 6.45) is 0. The molecule has 1 aliphatic carbocycles. The molecule has 71 heavy (non-hydrogen) atoms. The predicted octanol–water partition coefficient (Wildman–Crippen LogP) is 15.2. The Labute approximate surface area is 418 Å². The summed E-state index contributed by atoms with van der Waals surface area (Å²) in [7, 11) is 0. The van der Waals surface area contributed by atoms with Crippen molar-refractivity contribution in [1.29, 1.82) is 0 Å². The van der Waals surface area contributed by atoms with E-state index < -0.39 is 5.41 Å². The third kappa shape index (κ3) is 5.86. The lowest BCUT2D eigenvalue weighted by Gasteiger charge is -2.42. The first kappa shape index (κ1) is 40.3. The Balaban J connectivity index is 1.04. The van der Waals surface area contributed by atoms with Crippen LogP contribution in [0.2, 0.25) is 0 Å². The van der Waals surface area contributed by atoms with Crippen molar-refractivity contribution in [2.75, 3.05) is 4.90 Å².